The van der Waals surface area contributed by atoms with E-state index >= 15 is 0 Å². The SMILES string of the molecule is C=CCOCC(O)CS. The molecule has 1 unspecified atom stereocenters. The standard InChI is InChI=1S/C6H12O2S/c1-2-3-8-4-6(7)5-9/h2,6-7,9H,1,3-5H2. The molecule has 54 valence electrons. The quantitative estimate of drug-likeness (QED) is 0.337. The number of thiol groups is 1. The van der Waals surface area contributed by atoms with Crippen LogP contribution in [0.5, 0.6) is 0 Å². The van der Waals surface area contributed by atoms with Crippen molar-refractivity contribution in [2.24, 2.45) is 0 Å². The predicted molar refractivity (Wildman–Crippen MR) is 40.9 cm³/mol. The zero-order chi connectivity index (χ0) is 7.11. The van der Waals surface area contributed by atoms with Crippen molar-refractivity contribution in [2.75, 3.05) is 19.0 Å². The second kappa shape index (κ2) is 6.13. The first-order valence-electron chi connectivity index (χ1n) is 2.78. The summed E-state index contributed by atoms with van der Waals surface area (Å²) in [4.78, 5) is 0. The second-order valence-electron chi connectivity index (χ2n) is 1.66. The maximum absolute atomic E-state index is 8.85. The molecule has 0 aromatic carbocycles. The van der Waals surface area contributed by atoms with Gasteiger partial charge in [0.15, 0.2) is 0 Å². The van der Waals surface area contributed by atoms with E-state index in [1.807, 2.05) is 0 Å². The molecule has 0 aliphatic carbocycles. The lowest BCUT2D eigenvalue weighted by atomic mass is 10.4. The van der Waals surface area contributed by atoms with E-state index < -0.39 is 6.10 Å². The van der Waals surface area contributed by atoms with Gasteiger partial charge in [0, 0.05) is 5.75 Å². The van der Waals surface area contributed by atoms with Crippen LogP contribution in [-0.2, 0) is 4.74 Å². The molecule has 0 aromatic heterocycles. The monoisotopic (exact) mass is 148 g/mol. The molecule has 0 saturated carbocycles. The average molecular weight is 148 g/mol. The normalized spacial score (nSPS) is 13.1. The van der Waals surface area contributed by atoms with Crippen molar-refractivity contribution in [3.8, 4) is 0 Å². The van der Waals surface area contributed by atoms with E-state index in [9.17, 15) is 0 Å². The van der Waals surface area contributed by atoms with Gasteiger partial charge in [0.05, 0.1) is 19.3 Å². The Morgan fingerprint density at radius 2 is 2.44 bits per heavy atom. The minimum absolute atomic E-state index is 0.343. The average Bonchev–Trinajstić information content (AvgIpc) is 1.89. The maximum atomic E-state index is 8.85. The molecule has 0 heterocycles. The third kappa shape index (κ3) is 5.89. The number of aliphatic hydroxyl groups excluding tert-OH is 1. The summed E-state index contributed by atoms with van der Waals surface area (Å²) in [6.07, 6.45) is 1.19. The first kappa shape index (κ1) is 9.01. The Kier molecular flexibility index (Phi) is 6.14. The Morgan fingerprint density at radius 3 is 2.89 bits per heavy atom. The minimum Gasteiger partial charge on any atom is -0.390 e. The summed E-state index contributed by atoms with van der Waals surface area (Å²) in [5.41, 5.74) is 0. The molecule has 0 rings (SSSR count). The lowest BCUT2D eigenvalue weighted by molar-refractivity contribution is 0.0627. The van der Waals surface area contributed by atoms with Gasteiger partial charge in [0.25, 0.3) is 0 Å². The van der Waals surface area contributed by atoms with Crippen LogP contribution in [0.15, 0.2) is 12.7 Å². The fourth-order valence-corrected chi connectivity index (χ4v) is 0.446. The molecule has 0 amide bonds. The summed E-state index contributed by atoms with van der Waals surface area (Å²) in [7, 11) is 0. The third-order valence-corrected chi connectivity index (χ3v) is 1.18. The number of hydrogen-bond acceptors (Lipinski definition) is 3. The summed E-state index contributed by atoms with van der Waals surface area (Å²) < 4.78 is 4.92. The van der Waals surface area contributed by atoms with E-state index in [0.29, 0.717) is 19.0 Å². The minimum atomic E-state index is -0.451. The highest BCUT2D eigenvalue weighted by molar-refractivity contribution is 7.80. The highest BCUT2D eigenvalue weighted by atomic mass is 32.1. The van der Waals surface area contributed by atoms with Crippen LogP contribution in [0.1, 0.15) is 0 Å². The second-order valence-corrected chi connectivity index (χ2v) is 2.03. The van der Waals surface area contributed by atoms with Crippen molar-refractivity contribution in [3.63, 3.8) is 0 Å². The highest BCUT2D eigenvalue weighted by Crippen LogP contribution is 1.87. The molecule has 0 radical (unpaired) electrons. The van der Waals surface area contributed by atoms with Crippen molar-refractivity contribution >= 4 is 12.6 Å². The lowest BCUT2D eigenvalue weighted by Gasteiger charge is -2.05. The molecule has 0 aromatic rings. The number of hydrogen-bond donors (Lipinski definition) is 2. The van der Waals surface area contributed by atoms with Crippen molar-refractivity contribution in [1.29, 1.82) is 0 Å². The van der Waals surface area contributed by atoms with Gasteiger partial charge in [-0.25, -0.2) is 0 Å². The van der Waals surface area contributed by atoms with Crippen molar-refractivity contribution in [2.45, 2.75) is 6.10 Å². The third-order valence-electron chi connectivity index (χ3n) is 0.757. The molecule has 1 atom stereocenters. The molecule has 0 fully saturated rings. The molecule has 0 spiro atoms. The Morgan fingerprint density at radius 1 is 1.78 bits per heavy atom. The van der Waals surface area contributed by atoms with Crippen LogP contribution in [0, 0.1) is 0 Å². The Bertz CT molecular complexity index is 75.5. The number of aliphatic hydroxyl groups is 1. The van der Waals surface area contributed by atoms with Gasteiger partial charge in [-0.05, 0) is 0 Å². The molecule has 1 N–H and O–H groups in total. The summed E-state index contributed by atoms with van der Waals surface area (Å²) in [5, 5.41) is 8.85. The van der Waals surface area contributed by atoms with E-state index in [-0.39, 0.29) is 0 Å². The van der Waals surface area contributed by atoms with Crippen LogP contribution in [0.25, 0.3) is 0 Å². The number of ether oxygens (including phenoxy) is 1. The van der Waals surface area contributed by atoms with Crippen LogP contribution in [0.3, 0.4) is 0 Å². The molecule has 0 aliphatic rings. The maximum Gasteiger partial charge on any atom is 0.0861 e. The van der Waals surface area contributed by atoms with Crippen molar-refractivity contribution in [1.82, 2.24) is 0 Å². The topological polar surface area (TPSA) is 29.5 Å². The van der Waals surface area contributed by atoms with Crippen LogP contribution >= 0.6 is 12.6 Å². The smallest absolute Gasteiger partial charge is 0.0861 e. The van der Waals surface area contributed by atoms with Gasteiger partial charge < -0.3 is 9.84 Å². The lowest BCUT2D eigenvalue weighted by Crippen LogP contribution is -2.16. The van der Waals surface area contributed by atoms with Crippen LogP contribution < -0.4 is 0 Å². The fraction of sp³-hybridized carbons (Fsp3) is 0.667. The molecule has 9 heavy (non-hydrogen) atoms. The Hall–Kier alpha value is 0.0100. The molecule has 0 aliphatic heterocycles. The van der Waals surface area contributed by atoms with E-state index in [2.05, 4.69) is 19.2 Å². The first-order chi connectivity index (χ1) is 4.31. The molecular formula is C6H12O2S. The van der Waals surface area contributed by atoms with Crippen molar-refractivity contribution < 1.29 is 9.84 Å². The van der Waals surface area contributed by atoms with Gasteiger partial charge in [-0.1, -0.05) is 6.08 Å². The van der Waals surface area contributed by atoms with Gasteiger partial charge >= 0.3 is 0 Å². The van der Waals surface area contributed by atoms with Gasteiger partial charge in [0.2, 0.25) is 0 Å². The molecular weight excluding hydrogens is 136 g/mol. The van der Waals surface area contributed by atoms with E-state index in [1.54, 1.807) is 6.08 Å². The zero-order valence-corrected chi connectivity index (χ0v) is 6.18. The molecule has 0 bridgehead atoms. The van der Waals surface area contributed by atoms with Crippen LogP contribution in [-0.4, -0.2) is 30.2 Å². The first-order valence-corrected chi connectivity index (χ1v) is 3.42. The van der Waals surface area contributed by atoms with Crippen LogP contribution in [0.4, 0.5) is 0 Å². The summed E-state index contributed by atoms with van der Waals surface area (Å²) in [5.74, 6) is 0.442. The summed E-state index contributed by atoms with van der Waals surface area (Å²) >= 11 is 3.86. The fourth-order valence-electron chi connectivity index (χ4n) is 0.340. The molecule has 3 heteroatoms. The summed E-state index contributed by atoms with van der Waals surface area (Å²) in [6, 6.07) is 0. The Labute approximate surface area is 60.9 Å². The predicted octanol–water partition coefficient (Wildman–Crippen LogP) is 0.480. The Balaban J connectivity index is 2.96. The highest BCUT2D eigenvalue weighted by Gasteiger charge is 1.97. The van der Waals surface area contributed by atoms with Gasteiger partial charge in [-0.15, -0.1) is 6.58 Å². The van der Waals surface area contributed by atoms with Crippen LogP contribution in [0.2, 0.25) is 0 Å². The van der Waals surface area contributed by atoms with Gasteiger partial charge in [-0.3, -0.25) is 0 Å². The van der Waals surface area contributed by atoms with E-state index in [0.717, 1.165) is 0 Å². The molecule has 2 nitrogen and oxygen atoms in total. The van der Waals surface area contributed by atoms with Gasteiger partial charge in [0.1, 0.15) is 0 Å². The van der Waals surface area contributed by atoms with Crippen molar-refractivity contribution in [3.05, 3.63) is 12.7 Å². The van der Waals surface area contributed by atoms with Gasteiger partial charge in [-0.2, -0.15) is 12.6 Å². The van der Waals surface area contributed by atoms with E-state index in [4.69, 9.17) is 9.84 Å². The van der Waals surface area contributed by atoms with E-state index in [1.165, 1.54) is 0 Å². The largest absolute Gasteiger partial charge is 0.390 e. The number of rotatable bonds is 5. The molecule has 0 saturated heterocycles. The zero-order valence-electron chi connectivity index (χ0n) is 5.29. The summed E-state index contributed by atoms with van der Waals surface area (Å²) in [6.45, 7) is 4.29.